The molecular formula is C16H20N4. The van der Waals surface area contributed by atoms with Crippen LogP contribution in [0.5, 0.6) is 0 Å². The normalized spacial score (nSPS) is 13.4. The summed E-state index contributed by atoms with van der Waals surface area (Å²) in [6.45, 7) is 6.72. The average molecular weight is 268 g/mol. The first kappa shape index (κ1) is 12.9. The summed E-state index contributed by atoms with van der Waals surface area (Å²) < 4.78 is 2.14. The summed E-state index contributed by atoms with van der Waals surface area (Å²) in [5, 5.41) is 0. The van der Waals surface area contributed by atoms with E-state index in [1.807, 2.05) is 24.3 Å². The number of fused-ring (bicyclic) bond motifs is 3. The van der Waals surface area contributed by atoms with E-state index in [0.29, 0.717) is 23.4 Å². The van der Waals surface area contributed by atoms with Crippen molar-refractivity contribution in [3.63, 3.8) is 0 Å². The number of nitrogen functional groups attached to an aromatic ring is 1. The maximum atomic E-state index is 5.95. The number of para-hydroxylation sites is 2. The molecule has 2 aromatic heterocycles. The zero-order valence-corrected chi connectivity index (χ0v) is 12.2. The largest absolute Gasteiger partial charge is 0.384 e. The molecular weight excluding hydrogens is 248 g/mol. The third-order valence-electron chi connectivity index (χ3n) is 3.66. The highest BCUT2D eigenvalue weighted by atomic mass is 15.1. The fourth-order valence-corrected chi connectivity index (χ4v) is 2.90. The van der Waals surface area contributed by atoms with E-state index in [1.54, 1.807) is 0 Å². The molecule has 1 atom stereocenters. The zero-order valence-electron chi connectivity index (χ0n) is 12.2. The Hall–Kier alpha value is -2.10. The lowest BCUT2D eigenvalue weighted by Gasteiger charge is -2.16. The Morgan fingerprint density at radius 3 is 2.65 bits per heavy atom. The fraction of sp³-hybridized carbons (Fsp3) is 0.375. The fourth-order valence-electron chi connectivity index (χ4n) is 2.90. The molecule has 20 heavy (non-hydrogen) atoms. The highest BCUT2D eigenvalue weighted by Crippen LogP contribution is 2.27. The van der Waals surface area contributed by atoms with Crippen LogP contribution in [-0.4, -0.2) is 14.4 Å². The predicted octanol–water partition coefficient (Wildman–Crippen LogP) is 3.61. The van der Waals surface area contributed by atoms with Crippen molar-refractivity contribution < 1.29 is 0 Å². The third-order valence-corrected chi connectivity index (χ3v) is 3.66. The smallest absolute Gasteiger partial charge is 0.237 e. The minimum atomic E-state index is 0.417. The van der Waals surface area contributed by atoms with Crippen molar-refractivity contribution in [3.05, 3.63) is 36.0 Å². The van der Waals surface area contributed by atoms with E-state index in [2.05, 4.69) is 41.2 Å². The van der Waals surface area contributed by atoms with Gasteiger partial charge in [0.1, 0.15) is 5.82 Å². The van der Waals surface area contributed by atoms with Crippen LogP contribution in [0.3, 0.4) is 0 Å². The monoisotopic (exact) mass is 268 g/mol. The van der Waals surface area contributed by atoms with Crippen molar-refractivity contribution in [2.75, 3.05) is 5.73 Å². The van der Waals surface area contributed by atoms with Crippen LogP contribution in [-0.2, 0) is 0 Å². The Morgan fingerprint density at radius 1 is 1.15 bits per heavy atom. The Kier molecular flexibility index (Phi) is 3.08. The van der Waals surface area contributed by atoms with Crippen LogP contribution in [0.15, 0.2) is 30.3 Å². The lowest BCUT2D eigenvalue weighted by molar-refractivity contribution is 0.514. The van der Waals surface area contributed by atoms with Gasteiger partial charge in [-0.2, -0.15) is 4.98 Å². The summed E-state index contributed by atoms with van der Waals surface area (Å²) >= 11 is 0. The molecule has 0 saturated heterocycles. The molecule has 2 N–H and O–H groups in total. The standard InChI is InChI=1S/C16H20N4/c1-10(2)8-11(3)14-9-15(17)19-16-18-12-6-4-5-7-13(12)20(14)16/h4-7,9-11H,8H2,1-3H3,(H2,17,18,19)/t11-/m0/s1. The van der Waals surface area contributed by atoms with Gasteiger partial charge in [-0.25, -0.2) is 4.98 Å². The van der Waals surface area contributed by atoms with Gasteiger partial charge in [-0.15, -0.1) is 0 Å². The number of nitrogens with zero attached hydrogens (tertiary/aromatic N) is 3. The Labute approximate surface area is 118 Å². The molecule has 3 rings (SSSR count). The molecule has 0 saturated carbocycles. The van der Waals surface area contributed by atoms with E-state index >= 15 is 0 Å². The summed E-state index contributed by atoms with van der Waals surface area (Å²) in [7, 11) is 0. The lowest BCUT2D eigenvalue weighted by atomic mass is 9.95. The predicted molar refractivity (Wildman–Crippen MR) is 82.8 cm³/mol. The van der Waals surface area contributed by atoms with E-state index in [1.165, 1.54) is 5.69 Å². The van der Waals surface area contributed by atoms with E-state index in [4.69, 9.17) is 5.73 Å². The lowest BCUT2D eigenvalue weighted by Crippen LogP contribution is -2.08. The minimum absolute atomic E-state index is 0.417. The van der Waals surface area contributed by atoms with Crippen LogP contribution in [0.1, 0.15) is 38.8 Å². The number of imidazole rings is 1. The molecule has 0 fully saturated rings. The number of aromatic nitrogens is 3. The molecule has 2 heterocycles. The number of anilines is 1. The first-order chi connectivity index (χ1) is 9.56. The Bertz CT molecular complexity index is 758. The molecule has 4 heteroatoms. The molecule has 0 unspecified atom stereocenters. The van der Waals surface area contributed by atoms with Gasteiger partial charge >= 0.3 is 0 Å². The number of nitrogens with two attached hydrogens (primary N) is 1. The topological polar surface area (TPSA) is 56.2 Å². The van der Waals surface area contributed by atoms with Crippen molar-refractivity contribution in [2.45, 2.75) is 33.1 Å². The van der Waals surface area contributed by atoms with Gasteiger partial charge < -0.3 is 5.73 Å². The molecule has 0 radical (unpaired) electrons. The molecule has 4 nitrogen and oxygen atoms in total. The Balaban J connectivity index is 2.29. The molecule has 0 aliphatic heterocycles. The summed E-state index contributed by atoms with van der Waals surface area (Å²) in [4.78, 5) is 8.93. The van der Waals surface area contributed by atoms with Gasteiger partial charge in [-0.3, -0.25) is 4.40 Å². The quantitative estimate of drug-likeness (QED) is 0.789. The summed E-state index contributed by atoms with van der Waals surface area (Å²) in [6, 6.07) is 10.1. The van der Waals surface area contributed by atoms with E-state index in [9.17, 15) is 0 Å². The van der Waals surface area contributed by atoms with Crippen LogP contribution < -0.4 is 5.73 Å². The molecule has 0 spiro atoms. The van der Waals surface area contributed by atoms with Gasteiger partial charge in [-0.05, 0) is 30.4 Å². The maximum absolute atomic E-state index is 5.95. The van der Waals surface area contributed by atoms with Gasteiger partial charge in [0.15, 0.2) is 0 Å². The summed E-state index contributed by atoms with van der Waals surface area (Å²) in [6.07, 6.45) is 1.12. The average Bonchev–Trinajstić information content (AvgIpc) is 2.74. The van der Waals surface area contributed by atoms with Gasteiger partial charge in [0.2, 0.25) is 5.78 Å². The Morgan fingerprint density at radius 2 is 1.90 bits per heavy atom. The summed E-state index contributed by atoms with van der Waals surface area (Å²) in [5.41, 5.74) is 9.20. The first-order valence-electron chi connectivity index (χ1n) is 7.10. The van der Waals surface area contributed by atoms with Crippen LogP contribution >= 0.6 is 0 Å². The van der Waals surface area contributed by atoms with Crippen molar-refractivity contribution >= 4 is 22.6 Å². The van der Waals surface area contributed by atoms with E-state index in [-0.39, 0.29) is 0 Å². The second-order valence-corrected chi connectivity index (χ2v) is 5.87. The van der Waals surface area contributed by atoms with Crippen LogP contribution in [0.25, 0.3) is 16.8 Å². The SMILES string of the molecule is CC(C)C[C@H](C)c1cc(N)nc2nc3ccccc3n12. The van der Waals surface area contributed by atoms with Gasteiger partial charge in [0.25, 0.3) is 0 Å². The molecule has 104 valence electrons. The molecule has 1 aromatic carbocycles. The highest BCUT2D eigenvalue weighted by molar-refractivity contribution is 5.80. The third kappa shape index (κ3) is 2.11. The van der Waals surface area contributed by atoms with E-state index in [0.717, 1.165) is 17.5 Å². The molecule has 3 aromatic rings. The van der Waals surface area contributed by atoms with Gasteiger partial charge in [0.05, 0.1) is 11.0 Å². The zero-order chi connectivity index (χ0) is 14.3. The second kappa shape index (κ2) is 4.78. The molecule has 0 bridgehead atoms. The van der Waals surface area contributed by atoms with Gasteiger partial charge in [-0.1, -0.05) is 32.9 Å². The number of benzene rings is 1. The number of hydrogen-bond donors (Lipinski definition) is 1. The maximum Gasteiger partial charge on any atom is 0.237 e. The first-order valence-corrected chi connectivity index (χ1v) is 7.10. The van der Waals surface area contributed by atoms with Crippen molar-refractivity contribution in [1.82, 2.24) is 14.4 Å². The summed E-state index contributed by atoms with van der Waals surface area (Å²) in [5.74, 6) is 2.29. The molecule has 0 amide bonds. The van der Waals surface area contributed by atoms with Crippen LogP contribution in [0, 0.1) is 5.92 Å². The highest BCUT2D eigenvalue weighted by Gasteiger charge is 2.16. The number of rotatable bonds is 3. The second-order valence-electron chi connectivity index (χ2n) is 5.87. The van der Waals surface area contributed by atoms with Crippen molar-refractivity contribution in [1.29, 1.82) is 0 Å². The minimum Gasteiger partial charge on any atom is -0.384 e. The van der Waals surface area contributed by atoms with Crippen molar-refractivity contribution in [2.24, 2.45) is 5.92 Å². The van der Waals surface area contributed by atoms with Crippen molar-refractivity contribution in [3.8, 4) is 0 Å². The molecule has 0 aliphatic rings. The van der Waals surface area contributed by atoms with Crippen LogP contribution in [0.2, 0.25) is 0 Å². The van der Waals surface area contributed by atoms with Crippen LogP contribution in [0.4, 0.5) is 5.82 Å². The van der Waals surface area contributed by atoms with Gasteiger partial charge in [0, 0.05) is 11.8 Å². The number of hydrogen-bond acceptors (Lipinski definition) is 3. The van der Waals surface area contributed by atoms with E-state index < -0.39 is 0 Å². The molecule has 0 aliphatic carbocycles.